The Morgan fingerprint density at radius 3 is 2.81 bits per heavy atom. The topological polar surface area (TPSA) is 72.0 Å². The molecule has 1 heterocycles. The standard InChI is InChI=1S/C11H11N3O2/c1-2-15-9(12)10-13-11(16-14-10)8-6-4-3-5-7-8/h3-7,12H,2H2,1H3. The third-order valence-electron chi connectivity index (χ3n) is 1.94. The second-order valence-electron chi connectivity index (χ2n) is 3.05. The molecule has 0 bridgehead atoms. The molecule has 2 rings (SSSR count). The van der Waals surface area contributed by atoms with E-state index in [1.807, 2.05) is 30.3 Å². The molecule has 0 atom stereocenters. The number of benzene rings is 1. The summed E-state index contributed by atoms with van der Waals surface area (Å²) in [6.07, 6.45) is 0. The largest absolute Gasteiger partial charge is 0.476 e. The van der Waals surface area contributed by atoms with Crippen molar-refractivity contribution in [1.29, 1.82) is 5.41 Å². The van der Waals surface area contributed by atoms with Crippen molar-refractivity contribution in [3.05, 3.63) is 36.2 Å². The molecule has 0 radical (unpaired) electrons. The second-order valence-corrected chi connectivity index (χ2v) is 3.05. The Bertz CT molecular complexity index is 479. The van der Waals surface area contributed by atoms with Crippen LogP contribution in [0.25, 0.3) is 11.5 Å². The van der Waals surface area contributed by atoms with Crippen molar-refractivity contribution in [3.63, 3.8) is 0 Å². The summed E-state index contributed by atoms with van der Waals surface area (Å²) in [7, 11) is 0. The SMILES string of the molecule is CCOC(=N)c1noc(-c2ccccc2)n1. The summed E-state index contributed by atoms with van der Waals surface area (Å²) in [6, 6.07) is 9.40. The van der Waals surface area contributed by atoms with E-state index >= 15 is 0 Å². The Hall–Kier alpha value is -2.17. The maximum atomic E-state index is 7.50. The predicted molar refractivity (Wildman–Crippen MR) is 58.2 cm³/mol. The Labute approximate surface area is 92.6 Å². The first-order valence-corrected chi connectivity index (χ1v) is 4.92. The average molecular weight is 217 g/mol. The molecule has 82 valence electrons. The van der Waals surface area contributed by atoms with E-state index in [0.29, 0.717) is 12.5 Å². The van der Waals surface area contributed by atoms with Crippen molar-refractivity contribution in [3.8, 4) is 11.5 Å². The van der Waals surface area contributed by atoms with Crippen LogP contribution >= 0.6 is 0 Å². The molecule has 0 saturated heterocycles. The minimum Gasteiger partial charge on any atom is -0.476 e. The zero-order valence-corrected chi connectivity index (χ0v) is 8.80. The minimum absolute atomic E-state index is 0.0755. The molecule has 2 aromatic rings. The fraction of sp³-hybridized carbons (Fsp3) is 0.182. The lowest BCUT2D eigenvalue weighted by Gasteiger charge is -1.97. The van der Waals surface area contributed by atoms with Crippen LogP contribution in [0, 0.1) is 5.41 Å². The lowest BCUT2D eigenvalue weighted by atomic mass is 10.2. The Morgan fingerprint density at radius 2 is 2.12 bits per heavy atom. The molecule has 5 heteroatoms. The third-order valence-corrected chi connectivity index (χ3v) is 1.94. The van der Waals surface area contributed by atoms with Gasteiger partial charge in [0, 0.05) is 5.56 Å². The summed E-state index contributed by atoms with van der Waals surface area (Å²) < 4.78 is 10.0. The van der Waals surface area contributed by atoms with E-state index in [-0.39, 0.29) is 11.7 Å². The zero-order chi connectivity index (χ0) is 11.4. The van der Waals surface area contributed by atoms with Crippen LogP contribution in [0.3, 0.4) is 0 Å². The summed E-state index contributed by atoms with van der Waals surface area (Å²) in [5, 5.41) is 11.2. The van der Waals surface area contributed by atoms with Gasteiger partial charge in [0.05, 0.1) is 6.61 Å². The first-order valence-electron chi connectivity index (χ1n) is 4.92. The van der Waals surface area contributed by atoms with Crippen molar-refractivity contribution in [2.45, 2.75) is 6.92 Å². The summed E-state index contributed by atoms with van der Waals surface area (Å²) in [6.45, 7) is 2.21. The monoisotopic (exact) mass is 217 g/mol. The van der Waals surface area contributed by atoms with E-state index in [2.05, 4.69) is 10.1 Å². The molecule has 1 aromatic heterocycles. The summed E-state index contributed by atoms with van der Waals surface area (Å²) in [5.41, 5.74) is 0.825. The number of rotatable bonds is 3. The Kier molecular flexibility index (Phi) is 2.95. The number of hydrogen-bond acceptors (Lipinski definition) is 5. The van der Waals surface area contributed by atoms with Gasteiger partial charge in [0.25, 0.3) is 17.6 Å². The van der Waals surface area contributed by atoms with Gasteiger partial charge in [-0.1, -0.05) is 23.4 Å². The van der Waals surface area contributed by atoms with Crippen molar-refractivity contribution in [2.24, 2.45) is 0 Å². The molecule has 16 heavy (non-hydrogen) atoms. The molecule has 0 saturated carbocycles. The molecule has 1 aromatic carbocycles. The highest BCUT2D eigenvalue weighted by atomic mass is 16.5. The maximum Gasteiger partial charge on any atom is 0.258 e. The van der Waals surface area contributed by atoms with Crippen LogP contribution in [0.15, 0.2) is 34.9 Å². The van der Waals surface area contributed by atoms with Crippen LogP contribution in [-0.4, -0.2) is 22.6 Å². The van der Waals surface area contributed by atoms with E-state index < -0.39 is 0 Å². The molecule has 0 fully saturated rings. The van der Waals surface area contributed by atoms with Crippen LogP contribution < -0.4 is 0 Å². The first kappa shape index (κ1) is 10.4. The highest BCUT2D eigenvalue weighted by Crippen LogP contribution is 2.16. The van der Waals surface area contributed by atoms with Gasteiger partial charge in [-0.05, 0) is 19.1 Å². The van der Waals surface area contributed by atoms with Crippen molar-refractivity contribution in [2.75, 3.05) is 6.61 Å². The number of nitrogens with one attached hydrogen (secondary N) is 1. The molecule has 1 N–H and O–H groups in total. The summed E-state index contributed by atoms with van der Waals surface area (Å²) in [5.74, 6) is 0.481. The van der Waals surface area contributed by atoms with Gasteiger partial charge in [0.2, 0.25) is 0 Å². The van der Waals surface area contributed by atoms with Gasteiger partial charge >= 0.3 is 0 Å². The smallest absolute Gasteiger partial charge is 0.258 e. The van der Waals surface area contributed by atoms with Crippen LogP contribution in [-0.2, 0) is 4.74 Å². The zero-order valence-electron chi connectivity index (χ0n) is 8.80. The minimum atomic E-state index is -0.0755. The molecule has 0 aliphatic heterocycles. The molecule has 0 amide bonds. The van der Waals surface area contributed by atoms with Gasteiger partial charge in [0.1, 0.15) is 0 Å². The molecule has 0 aliphatic rings. The van der Waals surface area contributed by atoms with E-state index in [4.69, 9.17) is 14.7 Å². The van der Waals surface area contributed by atoms with Crippen LogP contribution in [0.4, 0.5) is 0 Å². The number of aromatic nitrogens is 2. The Morgan fingerprint density at radius 1 is 1.38 bits per heavy atom. The van der Waals surface area contributed by atoms with Gasteiger partial charge in [-0.2, -0.15) is 4.98 Å². The maximum absolute atomic E-state index is 7.50. The molecule has 0 unspecified atom stereocenters. The van der Waals surface area contributed by atoms with Crippen molar-refractivity contribution >= 4 is 5.90 Å². The summed E-state index contributed by atoms with van der Waals surface area (Å²) in [4.78, 5) is 4.07. The van der Waals surface area contributed by atoms with E-state index in [0.717, 1.165) is 5.56 Å². The van der Waals surface area contributed by atoms with Crippen molar-refractivity contribution < 1.29 is 9.26 Å². The molecule has 0 spiro atoms. The predicted octanol–water partition coefficient (Wildman–Crippen LogP) is 2.10. The average Bonchev–Trinajstić information content (AvgIpc) is 2.80. The quantitative estimate of drug-likeness (QED) is 0.631. The third kappa shape index (κ3) is 2.08. The van der Waals surface area contributed by atoms with Crippen molar-refractivity contribution in [1.82, 2.24) is 10.1 Å². The number of hydrogen-bond donors (Lipinski definition) is 1. The van der Waals surface area contributed by atoms with Crippen LogP contribution in [0.2, 0.25) is 0 Å². The highest BCUT2D eigenvalue weighted by molar-refractivity contribution is 5.87. The van der Waals surface area contributed by atoms with Gasteiger partial charge < -0.3 is 9.26 Å². The molecule has 5 nitrogen and oxygen atoms in total. The number of ether oxygens (including phenoxy) is 1. The van der Waals surface area contributed by atoms with Crippen LogP contribution in [0.5, 0.6) is 0 Å². The fourth-order valence-electron chi connectivity index (χ4n) is 1.22. The second kappa shape index (κ2) is 4.57. The molecular formula is C11H11N3O2. The van der Waals surface area contributed by atoms with E-state index in [9.17, 15) is 0 Å². The van der Waals surface area contributed by atoms with Gasteiger partial charge in [-0.25, -0.2) is 0 Å². The lowest BCUT2D eigenvalue weighted by molar-refractivity contribution is 0.320. The van der Waals surface area contributed by atoms with Gasteiger partial charge in [-0.3, -0.25) is 5.41 Å². The fourth-order valence-corrected chi connectivity index (χ4v) is 1.22. The van der Waals surface area contributed by atoms with E-state index in [1.54, 1.807) is 6.92 Å². The number of nitrogens with zero attached hydrogens (tertiary/aromatic N) is 2. The lowest BCUT2D eigenvalue weighted by Crippen LogP contribution is -2.06. The summed E-state index contributed by atoms with van der Waals surface area (Å²) >= 11 is 0. The highest BCUT2D eigenvalue weighted by Gasteiger charge is 2.12. The van der Waals surface area contributed by atoms with E-state index in [1.165, 1.54) is 0 Å². The van der Waals surface area contributed by atoms with Crippen LogP contribution in [0.1, 0.15) is 12.7 Å². The van der Waals surface area contributed by atoms with Gasteiger partial charge in [-0.15, -0.1) is 0 Å². The normalized spacial score (nSPS) is 10.1. The first-order chi connectivity index (χ1) is 7.81. The molecular weight excluding hydrogens is 206 g/mol. The van der Waals surface area contributed by atoms with Gasteiger partial charge in [0.15, 0.2) is 0 Å². The molecule has 0 aliphatic carbocycles. The Balaban J connectivity index is 2.23.